The maximum absolute atomic E-state index is 13.0. The van der Waals surface area contributed by atoms with Crippen molar-refractivity contribution < 1.29 is 18.8 Å². The lowest BCUT2D eigenvalue weighted by Gasteiger charge is -2.38. The summed E-state index contributed by atoms with van der Waals surface area (Å²) in [6.07, 6.45) is 6.62. The average molecular weight is 438 g/mol. The molecule has 0 unspecified atom stereocenters. The van der Waals surface area contributed by atoms with Crippen molar-refractivity contribution in [1.82, 2.24) is 14.7 Å². The summed E-state index contributed by atoms with van der Waals surface area (Å²) >= 11 is 0. The van der Waals surface area contributed by atoms with Crippen LogP contribution in [0.5, 0.6) is 0 Å². The van der Waals surface area contributed by atoms with Crippen molar-refractivity contribution in [2.45, 2.75) is 32.1 Å². The van der Waals surface area contributed by atoms with Crippen molar-refractivity contribution in [2.75, 3.05) is 39.3 Å². The van der Waals surface area contributed by atoms with E-state index in [-0.39, 0.29) is 23.6 Å². The van der Waals surface area contributed by atoms with Gasteiger partial charge in [0.05, 0.1) is 11.8 Å². The van der Waals surface area contributed by atoms with E-state index >= 15 is 0 Å². The molecule has 170 valence electrons. The monoisotopic (exact) mass is 437 g/mol. The first kappa shape index (κ1) is 22.1. The minimum Gasteiger partial charge on any atom is -0.472 e. The molecular formula is C25H31N3O4. The smallest absolute Gasteiger partial charge is 0.257 e. The summed E-state index contributed by atoms with van der Waals surface area (Å²) in [5, 5.41) is 0. The number of nitrogens with zero attached hydrogens (tertiary/aromatic N) is 3. The van der Waals surface area contributed by atoms with E-state index in [1.165, 1.54) is 18.1 Å². The molecule has 7 nitrogen and oxygen atoms in total. The third-order valence-corrected chi connectivity index (χ3v) is 6.54. The second-order valence-electron chi connectivity index (χ2n) is 8.62. The van der Waals surface area contributed by atoms with Crippen LogP contribution in [0.25, 0.3) is 0 Å². The normalized spacial score (nSPS) is 17.4. The Kier molecular flexibility index (Phi) is 7.24. The van der Waals surface area contributed by atoms with Crippen LogP contribution in [0.3, 0.4) is 0 Å². The topological polar surface area (TPSA) is 74.1 Å². The highest BCUT2D eigenvalue weighted by Crippen LogP contribution is 2.22. The van der Waals surface area contributed by atoms with Gasteiger partial charge in [0.1, 0.15) is 6.26 Å². The van der Waals surface area contributed by atoms with Crippen molar-refractivity contribution in [3.8, 4) is 0 Å². The third kappa shape index (κ3) is 5.39. The van der Waals surface area contributed by atoms with Gasteiger partial charge < -0.3 is 19.1 Å². The summed E-state index contributed by atoms with van der Waals surface area (Å²) < 4.78 is 5.00. The zero-order valence-electron chi connectivity index (χ0n) is 18.4. The Hall–Kier alpha value is -3.09. The minimum absolute atomic E-state index is 0.0379. The van der Waals surface area contributed by atoms with E-state index in [0.29, 0.717) is 64.1 Å². The number of carbonyl (C=O) groups excluding carboxylic acids is 3. The minimum atomic E-state index is -0.0449. The second-order valence-corrected chi connectivity index (χ2v) is 8.62. The van der Waals surface area contributed by atoms with Gasteiger partial charge in [0.25, 0.3) is 5.91 Å². The van der Waals surface area contributed by atoms with Gasteiger partial charge in [0.2, 0.25) is 11.8 Å². The molecule has 0 radical (unpaired) electrons. The molecule has 3 amide bonds. The van der Waals surface area contributed by atoms with Gasteiger partial charge in [-0.2, -0.15) is 0 Å². The van der Waals surface area contributed by atoms with Gasteiger partial charge in [-0.15, -0.1) is 0 Å². The summed E-state index contributed by atoms with van der Waals surface area (Å²) in [7, 11) is 0. The molecule has 0 saturated carbocycles. The van der Waals surface area contributed by atoms with Crippen molar-refractivity contribution in [3.63, 3.8) is 0 Å². The number of hydrogen-bond donors (Lipinski definition) is 0. The molecule has 2 aromatic rings. The molecule has 7 heteroatoms. The summed E-state index contributed by atoms with van der Waals surface area (Å²) in [4.78, 5) is 43.5. The highest BCUT2D eigenvalue weighted by Gasteiger charge is 2.32. The fourth-order valence-electron chi connectivity index (χ4n) is 4.58. The zero-order valence-corrected chi connectivity index (χ0v) is 18.4. The Morgan fingerprint density at radius 1 is 0.844 bits per heavy atom. The largest absolute Gasteiger partial charge is 0.472 e. The van der Waals surface area contributed by atoms with Crippen LogP contribution >= 0.6 is 0 Å². The van der Waals surface area contributed by atoms with Crippen molar-refractivity contribution in [3.05, 3.63) is 60.1 Å². The zero-order chi connectivity index (χ0) is 22.3. The van der Waals surface area contributed by atoms with Crippen LogP contribution in [0.2, 0.25) is 0 Å². The molecule has 0 N–H and O–H groups in total. The third-order valence-electron chi connectivity index (χ3n) is 6.54. The molecule has 4 rings (SSSR count). The highest BCUT2D eigenvalue weighted by atomic mass is 16.3. The molecular weight excluding hydrogens is 406 g/mol. The number of rotatable bonds is 6. The number of piperidine rings is 1. The lowest BCUT2D eigenvalue weighted by molar-refractivity contribution is -0.143. The van der Waals surface area contributed by atoms with Gasteiger partial charge in [0, 0.05) is 51.6 Å². The molecule has 3 heterocycles. The standard InChI is InChI=1S/C25H31N3O4/c29-23(8-4-7-20-5-2-1-3-6-20)26-14-16-28(17-15-26)24(30)21-9-12-27(13-10-21)25(31)22-11-18-32-19-22/h1-3,5-6,11,18-19,21H,4,7-10,12-17H2. The number of hydrogen-bond acceptors (Lipinski definition) is 4. The molecule has 1 aromatic heterocycles. The molecule has 0 atom stereocenters. The van der Waals surface area contributed by atoms with Crippen molar-refractivity contribution in [2.24, 2.45) is 5.92 Å². The van der Waals surface area contributed by atoms with Gasteiger partial charge in [-0.05, 0) is 37.3 Å². The Morgan fingerprint density at radius 2 is 1.53 bits per heavy atom. The van der Waals surface area contributed by atoms with Crippen LogP contribution in [0, 0.1) is 5.92 Å². The number of carbonyl (C=O) groups is 3. The summed E-state index contributed by atoms with van der Waals surface area (Å²) in [5.41, 5.74) is 1.81. The van der Waals surface area contributed by atoms with Crippen LogP contribution in [-0.4, -0.2) is 71.7 Å². The predicted octanol–water partition coefficient (Wildman–Crippen LogP) is 2.83. The van der Waals surface area contributed by atoms with Gasteiger partial charge in [-0.3, -0.25) is 14.4 Å². The fraction of sp³-hybridized carbons (Fsp3) is 0.480. The quantitative estimate of drug-likeness (QED) is 0.697. The molecule has 2 aliphatic rings. The fourth-order valence-corrected chi connectivity index (χ4v) is 4.58. The lowest BCUT2D eigenvalue weighted by atomic mass is 9.94. The van der Waals surface area contributed by atoms with Crippen LogP contribution in [0.4, 0.5) is 0 Å². The molecule has 32 heavy (non-hydrogen) atoms. The first-order chi connectivity index (χ1) is 15.6. The molecule has 0 bridgehead atoms. The lowest BCUT2D eigenvalue weighted by Crippen LogP contribution is -2.53. The Balaban J connectivity index is 1.17. The number of piperazine rings is 1. The van der Waals surface area contributed by atoms with Crippen LogP contribution in [0.1, 0.15) is 41.6 Å². The Labute approximate surface area is 189 Å². The van der Waals surface area contributed by atoms with Gasteiger partial charge >= 0.3 is 0 Å². The first-order valence-electron chi connectivity index (χ1n) is 11.5. The van der Waals surface area contributed by atoms with Crippen molar-refractivity contribution in [1.29, 1.82) is 0 Å². The number of benzene rings is 1. The van der Waals surface area contributed by atoms with E-state index in [9.17, 15) is 14.4 Å². The molecule has 0 aliphatic carbocycles. The summed E-state index contributed by atoms with van der Waals surface area (Å²) in [5.74, 6) is 0.260. The molecule has 2 aliphatic heterocycles. The number of amides is 3. The van der Waals surface area contributed by atoms with E-state index in [1.54, 1.807) is 11.0 Å². The molecule has 2 saturated heterocycles. The summed E-state index contributed by atoms with van der Waals surface area (Å²) in [6, 6.07) is 11.9. The van der Waals surface area contributed by atoms with Gasteiger partial charge in [-0.25, -0.2) is 0 Å². The van der Waals surface area contributed by atoms with E-state index in [0.717, 1.165) is 12.8 Å². The highest BCUT2D eigenvalue weighted by molar-refractivity contribution is 5.94. The van der Waals surface area contributed by atoms with Gasteiger partial charge in [-0.1, -0.05) is 30.3 Å². The van der Waals surface area contributed by atoms with E-state index in [4.69, 9.17) is 4.42 Å². The van der Waals surface area contributed by atoms with E-state index < -0.39 is 0 Å². The summed E-state index contributed by atoms with van der Waals surface area (Å²) in [6.45, 7) is 3.57. The van der Waals surface area contributed by atoms with Gasteiger partial charge in [0.15, 0.2) is 0 Å². The van der Waals surface area contributed by atoms with Crippen LogP contribution in [-0.2, 0) is 16.0 Å². The van der Waals surface area contributed by atoms with Crippen LogP contribution < -0.4 is 0 Å². The average Bonchev–Trinajstić information content (AvgIpc) is 3.39. The number of furan rings is 1. The Morgan fingerprint density at radius 3 is 2.19 bits per heavy atom. The molecule has 0 spiro atoms. The molecule has 1 aromatic carbocycles. The predicted molar refractivity (Wildman–Crippen MR) is 120 cm³/mol. The second kappa shape index (κ2) is 10.5. The number of likely N-dealkylation sites (tertiary alicyclic amines) is 1. The molecule has 2 fully saturated rings. The SMILES string of the molecule is O=C(CCCc1ccccc1)N1CCN(C(=O)C2CCN(C(=O)c3ccoc3)CC2)CC1. The maximum Gasteiger partial charge on any atom is 0.257 e. The van der Waals surface area contributed by atoms with E-state index in [2.05, 4.69) is 12.1 Å². The Bertz CT molecular complexity index is 897. The van der Waals surface area contributed by atoms with Crippen LogP contribution in [0.15, 0.2) is 53.3 Å². The maximum atomic E-state index is 13.0. The number of aryl methyl sites for hydroxylation is 1. The van der Waals surface area contributed by atoms with E-state index in [1.807, 2.05) is 28.0 Å². The first-order valence-corrected chi connectivity index (χ1v) is 11.5. The van der Waals surface area contributed by atoms with Crippen molar-refractivity contribution >= 4 is 17.7 Å².